The first-order chi connectivity index (χ1) is 8.49. The second-order valence-corrected chi connectivity index (χ2v) is 4.40. The number of aliphatic carboxylic acids is 1. The molecule has 0 saturated carbocycles. The first kappa shape index (κ1) is 14.9. The maximum Gasteiger partial charge on any atom is 0.328 e. The predicted molar refractivity (Wildman–Crippen MR) is 73.5 cm³/mol. The Balaban J connectivity index is 3.40. The van der Waals surface area contributed by atoms with Crippen molar-refractivity contribution < 1.29 is 14.6 Å². The van der Waals surface area contributed by atoms with Gasteiger partial charge in [-0.05, 0) is 31.1 Å². The fraction of sp³-hybridized carbons (Fsp3) is 0.308. The van der Waals surface area contributed by atoms with Gasteiger partial charge in [-0.1, -0.05) is 30.1 Å². The van der Waals surface area contributed by atoms with E-state index in [-0.39, 0.29) is 0 Å². The van der Waals surface area contributed by atoms with Crippen LogP contribution in [0.1, 0.15) is 25.8 Å². The van der Waals surface area contributed by atoms with Crippen LogP contribution in [0.3, 0.4) is 0 Å². The van der Waals surface area contributed by atoms with Crippen LogP contribution in [0.4, 0.5) is 0 Å². The third-order valence-electron chi connectivity index (χ3n) is 2.32. The second-order valence-electron chi connectivity index (χ2n) is 3.56. The van der Waals surface area contributed by atoms with E-state index in [9.17, 15) is 4.79 Å². The zero-order chi connectivity index (χ0) is 13.7. The molecule has 0 aliphatic heterocycles. The Bertz CT molecular complexity index is 481. The highest BCUT2D eigenvalue weighted by Crippen LogP contribution is 2.37. The normalized spacial score (nSPS) is 11.4. The van der Waals surface area contributed by atoms with E-state index in [1.165, 1.54) is 0 Å². The Morgan fingerprint density at radius 1 is 1.39 bits per heavy atom. The lowest BCUT2D eigenvalue weighted by atomic mass is 10.0. The van der Waals surface area contributed by atoms with Gasteiger partial charge in [-0.25, -0.2) is 4.79 Å². The molecule has 1 N–H and O–H groups in total. The molecule has 0 atom stereocenters. The minimum Gasteiger partial charge on any atom is -0.492 e. The van der Waals surface area contributed by atoms with Crippen LogP contribution in [0.15, 0.2) is 18.2 Å². The van der Waals surface area contributed by atoms with Gasteiger partial charge in [0.15, 0.2) is 0 Å². The highest BCUT2D eigenvalue weighted by molar-refractivity contribution is 6.36. The molecule has 0 amide bonds. The quantitative estimate of drug-likeness (QED) is 0.823. The van der Waals surface area contributed by atoms with Crippen LogP contribution in [0, 0.1) is 0 Å². The molecule has 0 fully saturated rings. The molecule has 3 nitrogen and oxygen atoms in total. The fourth-order valence-corrected chi connectivity index (χ4v) is 2.16. The van der Waals surface area contributed by atoms with E-state index in [0.717, 1.165) is 6.08 Å². The summed E-state index contributed by atoms with van der Waals surface area (Å²) >= 11 is 12.0. The smallest absolute Gasteiger partial charge is 0.328 e. The van der Waals surface area contributed by atoms with E-state index in [4.69, 9.17) is 33.0 Å². The minimum atomic E-state index is -1.01. The lowest BCUT2D eigenvalue weighted by Crippen LogP contribution is -1.99. The Labute approximate surface area is 116 Å². The number of carboxylic acids is 1. The molecule has 0 aliphatic carbocycles. The van der Waals surface area contributed by atoms with Gasteiger partial charge < -0.3 is 9.84 Å². The van der Waals surface area contributed by atoms with Crippen molar-refractivity contribution in [3.05, 3.63) is 33.8 Å². The van der Waals surface area contributed by atoms with Gasteiger partial charge in [-0.2, -0.15) is 0 Å². The summed E-state index contributed by atoms with van der Waals surface area (Å²) in [6.07, 6.45) is 1.69. The maximum atomic E-state index is 10.8. The molecule has 18 heavy (non-hydrogen) atoms. The molecule has 1 rings (SSSR count). The van der Waals surface area contributed by atoms with Crippen LogP contribution in [0.5, 0.6) is 5.75 Å². The summed E-state index contributed by atoms with van der Waals surface area (Å²) in [5.41, 5.74) is 1.25. The first-order valence-corrected chi connectivity index (χ1v) is 6.30. The van der Waals surface area contributed by atoms with Crippen molar-refractivity contribution >= 4 is 34.7 Å². The van der Waals surface area contributed by atoms with Crippen LogP contribution >= 0.6 is 23.2 Å². The van der Waals surface area contributed by atoms with Crippen LogP contribution < -0.4 is 4.74 Å². The molecule has 0 unspecified atom stereocenters. The van der Waals surface area contributed by atoms with Crippen molar-refractivity contribution in [1.29, 1.82) is 0 Å². The topological polar surface area (TPSA) is 46.5 Å². The molecular formula is C13H14Cl2O3. The minimum absolute atomic E-state index is 0.379. The molecule has 0 aromatic heterocycles. The van der Waals surface area contributed by atoms with Crippen molar-refractivity contribution in [1.82, 2.24) is 0 Å². The van der Waals surface area contributed by atoms with E-state index in [1.807, 2.05) is 13.8 Å². The van der Waals surface area contributed by atoms with Crippen molar-refractivity contribution in [2.75, 3.05) is 6.61 Å². The number of allylic oxidation sites excluding steroid dienone is 1. The van der Waals surface area contributed by atoms with Gasteiger partial charge in [0.1, 0.15) is 5.75 Å². The van der Waals surface area contributed by atoms with Gasteiger partial charge in [-0.15, -0.1) is 0 Å². The van der Waals surface area contributed by atoms with E-state index in [2.05, 4.69) is 0 Å². The van der Waals surface area contributed by atoms with Crippen molar-refractivity contribution in [2.45, 2.75) is 20.3 Å². The number of ether oxygens (including phenoxy) is 1. The molecule has 0 aliphatic rings. The fourth-order valence-electron chi connectivity index (χ4n) is 1.61. The van der Waals surface area contributed by atoms with Crippen LogP contribution in [-0.2, 0) is 4.79 Å². The Kier molecular flexibility index (Phi) is 5.51. The number of hydrogen-bond donors (Lipinski definition) is 1. The van der Waals surface area contributed by atoms with Crippen molar-refractivity contribution in [3.8, 4) is 5.75 Å². The monoisotopic (exact) mass is 288 g/mol. The molecule has 0 heterocycles. The lowest BCUT2D eigenvalue weighted by Gasteiger charge is -2.14. The molecule has 1 aromatic rings. The summed E-state index contributed by atoms with van der Waals surface area (Å²) in [6, 6.07) is 3.24. The van der Waals surface area contributed by atoms with Gasteiger partial charge in [0.05, 0.1) is 11.6 Å². The van der Waals surface area contributed by atoms with Crippen molar-refractivity contribution in [3.63, 3.8) is 0 Å². The number of halogens is 2. The van der Waals surface area contributed by atoms with Crippen LogP contribution in [0.25, 0.3) is 5.57 Å². The van der Waals surface area contributed by atoms with Gasteiger partial charge in [-0.3, -0.25) is 0 Å². The summed E-state index contributed by atoms with van der Waals surface area (Å²) in [5.74, 6) is -0.539. The number of carboxylic acid groups (broad SMARTS) is 1. The average molecular weight is 289 g/mol. The predicted octanol–water partition coefficient (Wildman–Crippen LogP) is 4.27. The third-order valence-corrected chi connectivity index (χ3v) is 2.82. The summed E-state index contributed by atoms with van der Waals surface area (Å²) in [5, 5.41) is 9.68. The first-order valence-electron chi connectivity index (χ1n) is 5.55. The molecule has 5 heteroatoms. The van der Waals surface area contributed by atoms with E-state index < -0.39 is 5.97 Å². The van der Waals surface area contributed by atoms with Crippen LogP contribution in [-0.4, -0.2) is 17.7 Å². The SMILES string of the molecule is CCOc1c(Cl)cc(Cl)cc1/C(=C/C(=O)O)CC. The highest BCUT2D eigenvalue weighted by Gasteiger charge is 2.14. The maximum absolute atomic E-state index is 10.8. The van der Waals surface area contributed by atoms with Crippen molar-refractivity contribution in [2.24, 2.45) is 0 Å². The van der Waals surface area contributed by atoms with E-state index in [1.54, 1.807) is 12.1 Å². The summed E-state index contributed by atoms with van der Waals surface area (Å²) in [4.78, 5) is 10.8. The number of rotatable bonds is 5. The van der Waals surface area contributed by atoms with Gasteiger partial charge in [0.25, 0.3) is 0 Å². The molecule has 0 radical (unpaired) electrons. The largest absolute Gasteiger partial charge is 0.492 e. The molecular weight excluding hydrogens is 275 g/mol. The summed E-state index contributed by atoms with van der Waals surface area (Å²) < 4.78 is 5.46. The zero-order valence-electron chi connectivity index (χ0n) is 10.2. The molecule has 0 saturated heterocycles. The standard InChI is InChI=1S/C13H14Cl2O3/c1-3-8(5-12(16)17)10-6-9(14)7-11(15)13(10)18-4-2/h5-7H,3-4H2,1-2H3,(H,16,17)/b8-5+. The van der Waals surface area contributed by atoms with Gasteiger partial charge >= 0.3 is 5.97 Å². The molecule has 0 spiro atoms. The summed E-state index contributed by atoms with van der Waals surface area (Å²) in [7, 11) is 0. The Morgan fingerprint density at radius 2 is 2.06 bits per heavy atom. The summed E-state index contributed by atoms with van der Waals surface area (Å²) in [6.45, 7) is 4.14. The van der Waals surface area contributed by atoms with E-state index >= 15 is 0 Å². The highest BCUT2D eigenvalue weighted by atomic mass is 35.5. The Hall–Kier alpha value is -1.19. The van der Waals surface area contributed by atoms with Gasteiger partial charge in [0.2, 0.25) is 0 Å². The number of benzene rings is 1. The number of hydrogen-bond acceptors (Lipinski definition) is 2. The molecule has 1 aromatic carbocycles. The Morgan fingerprint density at radius 3 is 2.56 bits per heavy atom. The van der Waals surface area contributed by atoms with Crippen LogP contribution in [0.2, 0.25) is 10.0 Å². The lowest BCUT2D eigenvalue weighted by molar-refractivity contribution is -0.131. The molecule has 0 bridgehead atoms. The second kappa shape index (κ2) is 6.66. The van der Waals surface area contributed by atoms with Gasteiger partial charge in [0, 0.05) is 16.7 Å². The average Bonchev–Trinajstić information content (AvgIpc) is 2.29. The molecule has 98 valence electrons. The van der Waals surface area contributed by atoms with E-state index in [0.29, 0.717) is 40.0 Å². The number of carbonyl (C=O) groups is 1. The third kappa shape index (κ3) is 3.65. The zero-order valence-corrected chi connectivity index (χ0v) is 11.7.